The molecule has 0 fully saturated rings. The molecule has 0 radical (unpaired) electrons. The van der Waals surface area contributed by atoms with Crippen LogP contribution in [0.2, 0.25) is 0 Å². The quantitative estimate of drug-likeness (QED) is 0.413. The molecule has 0 spiro atoms. The van der Waals surface area contributed by atoms with Crippen molar-refractivity contribution in [3.05, 3.63) is 65.7 Å². The number of hydrogen-bond acceptors (Lipinski definition) is 5. The number of hydrogen-bond donors (Lipinski definition) is 1. The highest BCUT2D eigenvalue weighted by molar-refractivity contribution is 6.06. The first-order valence-electron chi connectivity index (χ1n) is 10.5. The lowest BCUT2D eigenvalue weighted by molar-refractivity contribution is -0.124. The number of pyridine rings is 1. The molecule has 1 aromatic heterocycles. The van der Waals surface area contributed by atoms with E-state index in [1.54, 1.807) is 0 Å². The van der Waals surface area contributed by atoms with Crippen molar-refractivity contribution in [1.82, 2.24) is 10.3 Å². The fraction of sp³-hybridized carbons (Fsp3) is 0.320. The molecule has 1 N–H and O–H groups in total. The summed E-state index contributed by atoms with van der Waals surface area (Å²) in [5.41, 5.74) is 3.50. The van der Waals surface area contributed by atoms with Crippen LogP contribution < -0.4 is 5.32 Å². The largest absolute Gasteiger partial charge is 0.452 e. The van der Waals surface area contributed by atoms with Gasteiger partial charge in [-0.15, -0.1) is 0 Å². The Hall–Kier alpha value is -3.25. The summed E-state index contributed by atoms with van der Waals surface area (Å²) in [4.78, 5) is 29.8. The fourth-order valence-corrected chi connectivity index (χ4v) is 3.32. The summed E-state index contributed by atoms with van der Waals surface area (Å²) in [5.74, 6) is -0.872. The van der Waals surface area contributed by atoms with E-state index in [-0.39, 0.29) is 18.6 Å². The van der Waals surface area contributed by atoms with Crippen molar-refractivity contribution in [3.8, 4) is 11.3 Å². The Labute approximate surface area is 182 Å². The highest BCUT2D eigenvalue weighted by Gasteiger charge is 2.20. The summed E-state index contributed by atoms with van der Waals surface area (Å²) in [7, 11) is 0. The molecule has 6 nitrogen and oxygen atoms in total. The summed E-state index contributed by atoms with van der Waals surface area (Å²) >= 11 is 0. The molecule has 0 saturated heterocycles. The number of nitrogens with zero attached hydrogens (tertiary/aromatic N) is 1. The van der Waals surface area contributed by atoms with Gasteiger partial charge in [-0.05, 0) is 38.8 Å². The van der Waals surface area contributed by atoms with Crippen molar-refractivity contribution < 1.29 is 19.1 Å². The number of benzene rings is 2. The molecule has 0 aliphatic carbocycles. The van der Waals surface area contributed by atoms with Gasteiger partial charge in [0.25, 0.3) is 5.91 Å². The van der Waals surface area contributed by atoms with Gasteiger partial charge in [-0.25, -0.2) is 9.78 Å². The van der Waals surface area contributed by atoms with E-state index >= 15 is 0 Å². The van der Waals surface area contributed by atoms with Gasteiger partial charge in [-0.3, -0.25) is 4.79 Å². The molecule has 1 amide bonds. The van der Waals surface area contributed by atoms with Crippen molar-refractivity contribution in [3.63, 3.8) is 0 Å². The van der Waals surface area contributed by atoms with Gasteiger partial charge in [-0.1, -0.05) is 48.5 Å². The zero-order valence-electron chi connectivity index (χ0n) is 18.2. The number of rotatable bonds is 9. The zero-order valence-corrected chi connectivity index (χ0v) is 18.2. The Bertz CT molecular complexity index is 1050. The number of para-hydroxylation sites is 1. The van der Waals surface area contributed by atoms with E-state index in [1.165, 1.54) is 0 Å². The maximum atomic E-state index is 13.0. The Morgan fingerprint density at radius 2 is 1.74 bits per heavy atom. The third kappa shape index (κ3) is 5.89. The molecule has 0 bridgehead atoms. The predicted octanol–water partition coefficient (Wildman–Crippen LogP) is 4.30. The Morgan fingerprint density at radius 1 is 1.03 bits per heavy atom. The van der Waals surface area contributed by atoms with Crippen LogP contribution in [0.3, 0.4) is 0 Å². The van der Waals surface area contributed by atoms with Crippen LogP contribution in [-0.2, 0) is 14.3 Å². The first-order valence-corrected chi connectivity index (χ1v) is 10.5. The highest BCUT2D eigenvalue weighted by Crippen LogP contribution is 2.30. The first kappa shape index (κ1) is 22.4. The third-order valence-corrected chi connectivity index (χ3v) is 4.82. The Kier molecular flexibility index (Phi) is 7.73. The lowest BCUT2D eigenvalue weighted by Gasteiger charge is -2.14. The maximum absolute atomic E-state index is 13.0. The smallest absolute Gasteiger partial charge is 0.339 e. The summed E-state index contributed by atoms with van der Waals surface area (Å²) in [6, 6.07) is 17.1. The number of aromatic nitrogens is 1. The number of amides is 1. The van der Waals surface area contributed by atoms with Crippen LogP contribution in [0.5, 0.6) is 0 Å². The van der Waals surface area contributed by atoms with E-state index in [1.807, 2.05) is 75.4 Å². The molecule has 2 aromatic carbocycles. The van der Waals surface area contributed by atoms with Crippen molar-refractivity contribution in [2.75, 3.05) is 19.8 Å². The molecular weight excluding hydrogens is 392 g/mol. The number of ether oxygens (including phenoxy) is 2. The molecule has 0 aliphatic heterocycles. The number of carbonyl (C=O) groups excluding carboxylic acids is 2. The van der Waals surface area contributed by atoms with E-state index in [0.717, 1.165) is 16.8 Å². The van der Waals surface area contributed by atoms with Crippen LogP contribution in [0, 0.1) is 6.92 Å². The molecule has 162 valence electrons. The lowest BCUT2D eigenvalue weighted by Crippen LogP contribution is -2.30. The Balaban J connectivity index is 1.73. The van der Waals surface area contributed by atoms with Crippen molar-refractivity contribution in [2.24, 2.45) is 0 Å². The molecule has 0 atom stereocenters. The monoisotopic (exact) mass is 420 g/mol. The van der Waals surface area contributed by atoms with Gasteiger partial charge in [0.2, 0.25) is 0 Å². The van der Waals surface area contributed by atoms with Crippen molar-refractivity contribution in [2.45, 2.75) is 33.3 Å². The van der Waals surface area contributed by atoms with Crippen LogP contribution in [-0.4, -0.2) is 42.7 Å². The summed E-state index contributed by atoms with van der Waals surface area (Å²) in [5, 5.41) is 3.45. The summed E-state index contributed by atoms with van der Waals surface area (Å²) in [6.45, 7) is 6.49. The van der Waals surface area contributed by atoms with Crippen LogP contribution in [0.25, 0.3) is 22.2 Å². The molecule has 3 aromatic rings. The van der Waals surface area contributed by atoms with E-state index in [9.17, 15) is 9.59 Å². The molecule has 0 aliphatic rings. The molecule has 31 heavy (non-hydrogen) atoms. The van der Waals surface area contributed by atoms with Crippen molar-refractivity contribution in [1.29, 1.82) is 0 Å². The number of carbonyl (C=O) groups is 2. The van der Waals surface area contributed by atoms with E-state index in [4.69, 9.17) is 14.5 Å². The topological polar surface area (TPSA) is 77.5 Å². The van der Waals surface area contributed by atoms with Gasteiger partial charge in [-0.2, -0.15) is 0 Å². The zero-order chi connectivity index (χ0) is 22.2. The average Bonchev–Trinajstić information content (AvgIpc) is 2.77. The van der Waals surface area contributed by atoms with Crippen LogP contribution in [0.4, 0.5) is 0 Å². The van der Waals surface area contributed by atoms with E-state index in [2.05, 4.69) is 5.32 Å². The van der Waals surface area contributed by atoms with Gasteiger partial charge in [0.15, 0.2) is 6.61 Å². The van der Waals surface area contributed by atoms with Gasteiger partial charge in [0, 0.05) is 24.1 Å². The molecule has 6 heteroatoms. The third-order valence-electron chi connectivity index (χ3n) is 4.82. The van der Waals surface area contributed by atoms with Crippen LogP contribution in [0.15, 0.2) is 54.6 Å². The highest BCUT2D eigenvalue weighted by atomic mass is 16.5. The molecule has 3 rings (SSSR count). The van der Waals surface area contributed by atoms with E-state index < -0.39 is 5.97 Å². The number of fused-ring (bicyclic) bond motifs is 1. The second kappa shape index (κ2) is 10.7. The average molecular weight is 421 g/mol. The van der Waals surface area contributed by atoms with Gasteiger partial charge in [0.05, 0.1) is 22.9 Å². The predicted molar refractivity (Wildman–Crippen MR) is 121 cm³/mol. The summed E-state index contributed by atoms with van der Waals surface area (Å²) < 4.78 is 10.8. The molecular formula is C25H28N2O4. The first-order chi connectivity index (χ1) is 15.0. The molecule has 0 unspecified atom stereocenters. The second-order valence-corrected chi connectivity index (χ2v) is 7.54. The second-order valence-electron chi connectivity index (χ2n) is 7.54. The number of nitrogens with one attached hydrogen (secondary N) is 1. The van der Waals surface area contributed by atoms with Crippen LogP contribution >= 0.6 is 0 Å². The minimum atomic E-state index is -0.536. The minimum Gasteiger partial charge on any atom is -0.452 e. The van der Waals surface area contributed by atoms with Gasteiger partial charge < -0.3 is 14.8 Å². The SMILES string of the molecule is Cc1c(-c2ccccc2)nc2ccccc2c1C(=O)OCC(=O)NCCCOC(C)C. The van der Waals surface area contributed by atoms with Gasteiger partial charge in [0.1, 0.15) is 0 Å². The van der Waals surface area contributed by atoms with Gasteiger partial charge >= 0.3 is 5.97 Å². The fourth-order valence-electron chi connectivity index (χ4n) is 3.32. The standard InChI is InChI=1S/C25H28N2O4/c1-17(2)30-15-9-14-26-22(28)16-31-25(29)23-18(3)24(19-10-5-4-6-11-19)27-21-13-8-7-12-20(21)23/h4-8,10-13,17H,9,14-16H2,1-3H3,(H,26,28). The maximum Gasteiger partial charge on any atom is 0.339 e. The van der Waals surface area contributed by atoms with Crippen molar-refractivity contribution >= 4 is 22.8 Å². The molecule has 0 saturated carbocycles. The minimum absolute atomic E-state index is 0.163. The summed E-state index contributed by atoms with van der Waals surface area (Å²) in [6.07, 6.45) is 0.864. The molecule has 1 heterocycles. The normalized spacial score (nSPS) is 11.0. The number of esters is 1. The van der Waals surface area contributed by atoms with E-state index in [0.29, 0.717) is 36.0 Å². The Morgan fingerprint density at radius 3 is 2.48 bits per heavy atom. The lowest BCUT2D eigenvalue weighted by atomic mass is 9.98. The van der Waals surface area contributed by atoms with Crippen LogP contribution in [0.1, 0.15) is 36.2 Å².